The summed E-state index contributed by atoms with van der Waals surface area (Å²) < 4.78 is 0. The molecule has 0 amide bonds. The molecule has 70 valence electrons. The van der Waals surface area contributed by atoms with Gasteiger partial charge in [-0.2, -0.15) is 0 Å². The van der Waals surface area contributed by atoms with Gasteiger partial charge < -0.3 is 10.6 Å². The maximum atomic E-state index is 9.94. The summed E-state index contributed by atoms with van der Waals surface area (Å²) in [5.41, 5.74) is 0. The van der Waals surface area contributed by atoms with Gasteiger partial charge in [-0.05, 0) is 6.42 Å². The summed E-state index contributed by atoms with van der Waals surface area (Å²) in [6.07, 6.45) is 2.01. The minimum Gasteiger partial charge on any atom is -0.354 e. The molecule has 12 heavy (non-hydrogen) atoms. The van der Waals surface area contributed by atoms with Crippen LogP contribution in [0.3, 0.4) is 0 Å². The van der Waals surface area contributed by atoms with Crippen LogP contribution in [0.4, 0.5) is 0 Å². The van der Waals surface area contributed by atoms with Crippen LogP contribution in [-0.4, -0.2) is 24.6 Å². The Balaban J connectivity index is 3.75. The molecule has 0 aromatic heterocycles. The third-order valence-electron chi connectivity index (χ3n) is 1.24. The average molecular weight is 174 g/mol. The van der Waals surface area contributed by atoms with Crippen molar-refractivity contribution in [3.05, 3.63) is 10.1 Å². The highest BCUT2D eigenvalue weighted by molar-refractivity contribution is 5.78. The molecular weight excluding hydrogens is 160 g/mol. The van der Waals surface area contributed by atoms with Crippen LogP contribution in [0, 0.1) is 10.1 Å². The minimum atomic E-state index is -0.731. The molecule has 0 aliphatic heterocycles. The molecular formula is C6H14N4O2. The van der Waals surface area contributed by atoms with Crippen LogP contribution in [-0.2, 0) is 0 Å². The summed E-state index contributed by atoms with van der Waals surface area (Å²) in [5, 5.41) is 17.7. The van der Waals surface area contributed by atoms with Crippen LogP contribution in [0.1, 0.15) is 19.8 Å². The first-order chi connectivity index (χ1) is 5.70. The molecule has 0 radical (unpaired) electrons. The quantitative estimate of drug-likeness (QED) is 0.209. The van der Waals surface area contributed by atoms with Gasteiger partial charge >= 0.3 is 0 Å². The van der Waals surface area contributed by atoms with E-state index in [4.69, 9.17) is 0 Å². The molecule has 0 saturated carbocycles. The van der Waals surface area contributed by atoms with E-state index in [2.05, 4.69) is 15.7 Å². The van der Waals surface area contributed by atoms with Crippen LogP contribution in [0.2, 0.25) is 0 Å². The van der Waals surface area contributed by atoms with Crippen molar-refractivity contribution in [1.29, 1.82) is 0 Å². The minimum absolute atomic E-state index is 0.202. The molecule has 6 nitrogen and oxygen atoms in total. The normalized spacial score (nSPS) is 11.0. The fraction of sp³-hybridized carbons (Fsp3) is 0.833. The first kappa shape index (κ1) is 10.7. The first-order valence-electron chi connectivity index (χ1n) is 3.85. The highest BCUT2D eigenvalue weighted by Crippen LogP contribution is 1.82. The van der Waals surface area contributed by atoms with Crippen molar-refractivity contribution in [1.82, 2.24) is 10.6 Å². The monoisotopic (exact) mass is 174 g/mol. The second kappa shape index (κ2) is 6.38. The van der Waals surface area contributed by atoms with Crippen molar-refractivity contribution < 1.29 is 5.03 Å². The maximum absolute atomic E-state index is 9.94. The topological polar surface area (TPSA) is 79.6 Å². The molecule has 0 spiro atoms. The molecule has 0 saturated heterocycles. The van der Waals surface area contributed by atoms with Crippen molar-refractivity contribution in [2.45, 2.75) is 19.8 Å². The zero-order chi connectivity index (χ0) is 9.40. The molecule has 0 bridgehead atoms. The maximum Gasteiger partial charge on any atom is 0.268 e. The van der Waals surface area contributed by atoms with Crippen LogP contribution < -0.4 is 10.6 Å². The number of nitro groups is 1. The van der Waals surface area contributed by atoms with E-state index in [0.29, 0.717) is 6.54 Å². The Morgan fingerprint density at radius 3 is 2.75 bits per heavy atom. The number of nitrogens with one attached hydrogen (secondary N) is 2. The van der Waals surface area contributed by atoms with E-state index in [1.165, 1.54) is 0 Å². The molecule has 0 aromatic carbocycles. The Morgan fingerprint density at radius 2 is 2.33 bits per heavy atom. The molecule has 0 aliphatic rings. The van der Waals surface area contributed by atoms with E-state index in [1.807, 2.05) is 6.92 Å². The standard InChI is InChI=1S/C6H14N4O2/c1-3-4-5-8-6(7-2)9-10(11)12/h3-5H2,1-2H3,(H2,7,8,9). The highest BCUT2D eigenvalue weighted by Gasteiger charge is 1.99. The van der Waals surface area contributed by atoms with Crippen molar-refractivity contribution >= 4 is 5.96 Å². The molecule has 2 N–H and O–H groups in total. The smallest absolute Gasteiger partial charge is 0.268 e. The van der Waals surface area contributed by atoms with Gasteiger partial charge in [-0.25, -0.2) is 10.1 Å². The Hall–Kier alpha value is -1.33. The van der Waals surface area contributed by atoms with Crippen molar-refractivity contribution in [3.8, 4) is 0 Å². The Morgan fingerprint density at radius 1 is 1.67 bits per heavy atom. The number of hydrogen-bond donors (Lipinski definition) is 2. The Labute approximate surface area is 71.2 Å². The van der Waals surface area contributed by atoms with Crippen molar-refractivity contribution in [2.75, 3.05) is 13.6 Å². The van der Waals surface area contributed by atoms with Gasteiger partial charge in [-0.15, -0.1) is 0 Å². The predicted molar refractivity (Wildman–Crippen MR) is 46.4 cm³/mol. The van der Waals surface area contributed by atoms with Gasteiger partial charge in [-0.3, -0.25) is 0 Å². The van der Waals surface area contributed by atoms with Gasteiger partial charge in [0.25, 0.3) is 5.96 Å². The van der Waals surface area contributed by atoms with E-state index in [9.17, 15) is 10.1 Å². The Bertz CT molecular complexity index is 169. The zero-order valence-corrected chi connectivity index (χ0v) is 7.33. The molecule has 0 atom stereocenters. The highest BCUT2D eigenvalue weighted by atomic mass is 16.7. The largest absolute Gasteiger partial charge is 0.354 e. The summed E-state index contributed by atoms with van der Waals surface area (Å²) in [4.78, 5) is 9.94. The average Bonchev–Trinajstić information content (AvgIpc) is 2.02. The van der Waals surface area contributed by atoms with E-state index in [0.717, 1.165) is 12.8 Å². The fourth-order valence-corrected chi connectivity index (χ4v) is 0.639. The number of rotatable bonds is 4. The SMILES string of the molecule is CCCCN/C(=N/[N+](=O)[O-])NC. The third-order valence-corrected chi connectivity index (χ3v) is 1.24. The van der Waals surface area contributed by atoms with Crippen LogP contribution in [0.5, 0.6) is 0 Å². The van der Waals surface area contributed by atoms with Gasteiger partial charge in [0.05, 0.1) is 0 Å². The number of unbranched alkanes of at least 4 members (excludes halogenated alkanes) is 1. The van der Waals surface area contributed by atoms with Crippen LogP contribution in [0.25, 0.3) is 0 Å². The lowest BCUT2D eigenvalue weighted by atomic mass is 10.3. The third kappa shape index (κ3) is 5.45. The molecule has 0 unspecified atom stereocenters. The van der Waals surface area contributed by atoms with Gasteiger partial charge in [0.2, 0.25) is 0 Å². The molecule has 0 fully saturated rings. The summed E-state index contributed by atoms with van der Waals surface area (Å²) in [5.74, 6) is 0.202. The number of guanidine groups is 1. The molecule has 0 aromatic rings. The summed E-state index contributed by atoms with van der Waals surface area (Å²) in [6, 6.07) is 0. The van der Waals surface area contributed by atoms with Gasteiger partial charge in [0.1, 0.15) is 5.10 Å². The van der Waals surface area contributed by atoms with Gasteiger partial charge in [0.15, 0.2) is 5.03 Å². The lowest BCUT2D eigenvalue weighted by Crippen LogP contribution is -2.36. The Kier molecular flexibility index (Phi) is 5.68. The van der Waals surface area contributed by atoms with Crippen molar-refractivity contribution in [2.24, 2.45) is 5.10 Å². The van der Waals surface area contributed by atoms with Crippen molar-refractivity contribution in [3.63, 3.8) is 0 Å². The lowest BCUT2D eigenvalue weighted by molar-refractivity contribution is -0.485. The molecule has 0 rings (SSSR count). The summed E-state index contributed by atoms with van der Waals surface area (Å²) in [6.45, 7) is 2.75. The number of hydrazone groups is 1. The van der Waals surface area contributed by atoms with Gasteiger partial charge in [0, 0.05) is 13.6 Å². The molecule has 6 heteroatoms. The predicted octanol–water partition coefficient (Wildman–Crippen LogP) is 0.143. The molecule has 0 aliphatic carbocycles. The van der Waals surface area contributed by atoms with E-state index in [-0.39, 0.29) is 5.96 Å². The summed E-state index contributed by atoms with van der Waals surface area (Å²) >= 11 is 0. The van der Waals surface area contributed by atoms with Crippen LogP contribution in [0.15, 0.2) is 5.10 Å². The van der Waals surface area contributed by atoms with E-state index >= 15 is 0 Å². The van der Waals surface area contributed by atoms with E-state index < -0.39 is 5.03 Å². The van der Waals surface area contributed by atoms with Crippen LogP contribution >= 0.6 is 0 Å². The fourth-order valence-electron chi connectivity index (χ4n) is 0.639. The van der Waals surface area contributed by atoms with Gasteiger partial charge in [-0.1, -0.05) is 13.3 Å². The lowest BCUT2D eigenvalue weighted by Gasteiger charge is -2.03. The molecule has 0 heterocycles. The second-order valence-corrected chi connectivity index (χ2v) is 2.22. The van der Waals surface area contributed by atoms with E-state index in [1.54, 1.807) is 7.05 Å². The summed E-state index contributed by atoms with van der Waals surface area (Å²) in [7, 11) is 1.58. The number of nitrogens with zero attached hydrogens (tertiary/aromatic N) is 2. The second-order valence-electron chi connectivity index (χ2n) is 2.22. The first-order valence-corrected chi connectivity index (χ1v) is 3.85. The number of hydrogen-bond acceptors (Lipinski definition) is 2. The zero-order valence-electron chi connectivity index (χ0n) is 7.33.